The summed E-state index contributed by atoms with van der Waals surface area (Å²) in [5.74, 6) is -0.598. The summed E-state index contributed by atoms with van der Waals surface area (Å²) in [5, 5.41) is -0.339. The van der Waals surface area contributed by atoms with Gasteiger partial charge >= 0.3 is 0 Å². The molecule has 1 aliphatic carbocycles. The van der Waals surface area contributed by atoms with Crippen LogP contribution in [0.4, 0.5) is 8.78 Å². The fraction of sp³-hybridized carbons (Fsp3) is 0.533. The molecule has 20 heavy (non-hydrogen) atoms. The molecule has 0 amide bonds. The molecule has 1 saturated carbocycles. The van der Waals surface area contributed by atoms with Gasteiger partial charge in [-0.3, -0.25) is 0 Å². The zero-order valence-corrected chi connectivity index (χ0v) is 12.3. The standard InChI is InChI=1S/C15H17ClF2N2/c1-9(16)14-19-13-11(18)6-10(17)7-12(13)20(14)8-15(2)4-3-5-15/h6-7,9H,3-5,8H2,1-2H3. The lowest BCUT2D eigenvalue weighted by Gasteiger charge is -2.39. The molecule has 1 unspecified atom stereocenters. The monoisotopic (exact) mass is 298 g/mol. The number of alkyl halides is 1. The van der Waals surface area contributed by atoms with Gasteiger partial charge in [0, 0.05) is 12.6 Å². The molecule has 1 heterocycles. The van der Waals surface area contributed by atoms with Crippen LogP contribution in [0.25, 0.3) is 11.0 Å². The Morgan fingerprint density at radius 1 is 1.40 bits per heavy atom. The van der Waals surface area contributed by atoms with Gasteiger partial charge in [0.25, 0.3) is 0 Å². The normalized spacial score (nSPS) is 19.1. The molecule has 0 saturated heterocycles. The van der Waals surface area contributed by atoms with Gasteiger partial charge < -0.3 is 4.57 Å². The Kier molecular flexibility index (Phi) is 3.24. The number of imidazole rings is 1. The Morgan fingerprint density at radius 3 is 2.65 bits per heavy atom. The van der Waals surface area contributed by atoms with Gasteiger partial charge in [0.2, 0.25) is 0 Å². The SMILES string of the molecule is CC(Cl)c1nc2c(F)cc(F)cc2n1CC1(C)CCC1. The fourth-order valence-electron chi connectivity index (χ4n) is 2.96. The van der Waals surface area contributed by atoms with E-state index in [0.29, 0.717) is 17.9 Å². The van der Waals surface area contributed by atoms with Gasteiger partial charge in [-0.2, -0.15) is 0 Å². The molecule has 0 aliphatic heterocycles. The van der Waals surface area contributed by atoms with E-state index in [9.17, 15) is 8.78 Å². The van der Waals surface area contributed by atoms with Crippen LogP contribution in [-0.2, 0) is 6.54 Å². The van der Waals surface area contributed by atoms with Crippen molar-refractivity contribution in [2.24, 2.45) is 5.41 Å². The van der Waals surface area contributed by atoms with Crippen molar-refractivity contribution in [2.75, 3.05) is 0 Å². The lowest BCUT2D eigenvalue weighted by atomic mass is 9.70. The molecule has 2 aromatic rings. The summed E-state index contributed by atoms with van der Waals surface area (Å²) in [5.41, 5.74) is 0.881. The summed E-state index contributed by atoms with van der Waals surface area (Å²) >= 11 is 6.16. The van der Waals surface area contributed by atoms with E-state index in [0.717, 1.165) is 18.9 Å². The third-order valence-corrected chi connectivity index (χ3v) is 4.45. The van der Waals surface area contributed by atoms with Crippen LogP contribution >= 0.6 is 11.6 Å². The average molecular weight is 299 g/mol. The number of aromatic nitrogens is 2. The predicted octanol–water partition coefficient (Wildman–Crippen LogP) is 4.80. The van der Waals surface area contributed by atoms with Crippen LogP contribution in [0, 0.1) is 17.0 Å². The summed E-state index contributed by atoms with van der Waals surface area (Å²) in [6, 6.07) is 2.21. The highest BCUT2D eigenvalue weighted by molar-refractivity contribution is 6.20. The van der Waals surface area contributed by atoms with Crippen molar-refractivity contribution in [3.63, 3.8) is 0 Å². The number of hydrogen-bond donors (Lipinski definition) is 0. The van der Waals surface area contributed by atoms with Crippen molar-refractivity contribution in [1.29, 1.82) is 0 Å². The van der Waals surface area contributed by atoms with Crippen LogP contribution in [0.3, 0.4) is 0 Å². The van der Waals surface area contributed by atoms with Crippen LogP contribution in [0.2, 0.25) is 0 Å². The molecular weight excluding hydrogens is 282 g/mol. The molecular formula is C15H17ClF2N2. The predicted molar refractivity (Wildman–Crippen MR) is 75.9 cm³/mol. The average Bonchev–Trinajstić information content (AvgIpc) is 2.66. The Labute approximate surface area is 121 Å². The third kappa shape index (κ3) is 2.20. The molecule has 108 valence electrons. The van der Waals surface area contributed by atoms with Gasteiger partial charge in [0.15, 0.2) is 5.82 Å². The Hall–Kier alpha value is -1.16. The summed E-state index contributed by atoms with van der Waals surface area (Å²) < 4.78 is 29.3. The van der Waals surface area contributed by atoms with Gasteiger partial charge in [-0.25, -0.2) is 13.8 Å². The van der Waals surface area contributed by atoms with E-state index in [4.69, 9.17) is 11.6 Å². The van der Waals surface area contributed by atoms with Crippen LogP contribution in [0.1, 0.15) is 44.3 Å². The van der Waals surface area contributed by atoms with Gasteiger partial charge in [0.05, 0.1) is 10.9 Å². The van der Waals surface area contributed by atoms with E-state index in [2.05, 4.69) is 11.9 Å². The molecule has 5 heteroatoms. The number of rotatable bonds is 3. The molecule has 0 spiro atoms. The second kappa shape index (κ2) is 4.69. The Morgan fingerprint density at radius 2 is 2.10 bits per heavy atom. The van der Waals surface area contributed by atoms with E-state index in [1.165, 1.54) is 12.5 Å². The highest BCUT2D eigenvalue weighted by Crippen LogP contribution is 2.43. The molecule has 0 radical (unpaired) electrons. The molecule has 1 fully saturated rings. The summed E-state index contributed by atoms with van der Waals surface area (Å²) in [6.07, 6.45) is 3.46. The van der Waals surface area contributed by atoms with Crippen LogP contribution in [-0.4, -0.2) is 9.55 Å². The molecule has 2 nitrogen and oxygen atoms in total. The van der Waals surface area contributed by atoms with E-state index in [-0.39, 0.29) is 16.3 Å². The number of halogens is 3. The molecule has 1 aromatic heterocycles. The minimum absolute atomic E-state index is 0.178. The first kappa shape index (κ1) is 13.8. The maximum absolute atomic E-state index is 13.9. The maximum atomic E-state index is 13.9. The van der Waals surface area contributed by atoms with Crippen LogP contribution < -0.4 is 0 Å². The van der Waals surface area contributed by atoms with Crippen molar-refractivity contribution in [2.45, 2.75) is 45.0 Å². The molecule has 0 N–H and O–H groups in total. The smallest absolute Gasteiger partial charge is 0.153 e. The van der Waals surface area contributed by atoms with Crippen molar-refractivity contribution in [1.82, 2.24) is 9.55 Å². The lowest BCUT2D eigenvalue weighted by molar-refractivity contribution is 0.132. The zero-order valence-electron chi connectivity index (χ0n) is 11.6. The first-order chi connectivity index (χ1) is 9.39. The fourth-order valence-corrected chi connectivity index (χ4v) is 3.12. The highest BCUT2D eigenvalue weighted by Gasteiger charge is 2.34. The van der Waals surface area contributed by atoms with E-state index >= 15 is 0 Å². The summed E-state index contributed by atoms with van der Waals surface area (Å²) in [7, 11) is 0. The van der Waals surface area contributed by atoms with E-state index in [1.807, 2.05) is 4.57 Å². The van der Waals surface area contributed by atoms with Gasteiger partial charge in [0.1, 0.15) is 17.2 Å². The minimum Gasteiger partial charge on any atom is -0.326 e. The minimum atomic E-state index is -0.629. The number of hydrogen-bond acceptors (Lipinski definition) is 1. The maximum Gasteiger partial charge on any atom is 0.153 e. The number of nitrogens with zero attached hydrogens (tertiary/aromatic N) is 2. The van der Waals surface area contributed by atoms with Gasteiger partial charge in [-0.05, 0) is 31.2 Å². The van der Waals surface area contributed by atoms with Gasteiger partial charge in [-0.15, -0.1) is 11.6 Å². The quantitative estimate of drug-likeness (QED) is 0.744. The van der Waals surface area contributed by atoms with Crippen LogP contribution in [0.5, 0.6) is 0 Å². The highest BCUT2D eigenvalue weighted by atomic mass is 35.5. The first-order valence-electron chi connectivity index (χ1n) is 6.89. The lowest BCUT2D eigenvalue weighted by Crippen LogP contribution is -2.31. The molecule has 1 aliphatic rings. The van der Waals surface area contributed by atoms with Crippen molar-refractivity contribution < 1.29 is 8.78 Å². The van der Waals surface area contributed by atoms with Crippen molar-refractivity contribution in [3.05, 3.63) is 29.6 Å². The topological polar surface area (TPSA) is 17.8 Å². The summed E-state index contributed by atoms with van der Waals surface area (Å²) in [6.45, 7) is 4.70. The molecule has 1 aromatic carbocycles. The molecule has 3 rings (SSSR count). The number of benzene rings is 1. The first-order valence-corrected chi connectivity index (χ1v) is 7.32. The van der Waals surface area contributed by atoms with Crippen molar-refractivity contribution >= 4 is 22.6 Å². The summed E-state index contributed by atoms with van der Waals surface area (Å²) in [4.78, 5) is 4.28. The Bertz CT molecular complexity index is 659. The largest absolute Gasteiger partial charge is 0.326 e. The van der Waals surface area contributed by atoms with Crippen molar-refractivity contribution in [3.8, 4) is 0 Å². The number of fused-ring (bicyclic) bond motifs is 1. The Balaban J connectivity index is 2.18. The third-order valence-electron chi connectivity index (χ3n) is 4.26. The van der Waals surface area contributed by atoms with Gasteiger partial charge in [-0.1, -0.05) is 13.3 Å². The molecule has 1 atom stereocenters. The second-order valence-corrected chi connectivity index (χ2v) is 6.75. The van der Waals surface area contributed by atoms with E-state index < -0.39 is 11.6 Å². The second-order valence-electron chi connectivity index (χ2n) is 6.09. The van der Waals surface area contributed by atoms with E-state index in [1.54, 1.807) is 6.92 Å². The van der Waals surface area contributed by atoms with Crippen LogP contribution in [0.15, 0.2) is 12.1 Å². The zero-order chi connectivity index (χ0) is 14.5. The molecule has 0 bridgehead atoms.